The van der Waals surface area contributed by atoms with Crippen molar-refractivity contribution in [3.05, 3.63) is 46.9 Å². The van der Waals surface area contributed by atoms with E-state index in [9.17, 15) is 14.3 Å². The van der Waals surface area contributed by atoms with Crippen LogP contribution in [0.2, 0.25) is 0 Å². The molecule has 1 amide bonds. The number of amides is 1. The SMILES string of the molecule is C1CC2CCCN2C1.CCOc1nc2c(c(N(C)C3CCNCC3)n1)C(=O)N(c1cc(O)cc3ccc(F)c(CC)c13)C2. The molecule has 9 nitrogen and oxygen atoms in total. The van der Waals surface area contributed by atoms with Gasteiger partial charge in [0.1, 0.15) is 22.9 Å². The average molecular weight is 591 g/mol. The fourth-order valence-corrected chi connectivity index (χ4v) is 7.25. The van der Waals surface area contributed by atoms with Crippen LogP contribution in [0.15, 0.2) is 24.3 Å². The predicted molar refractivity (Wildman–Crippen MR) is 167 cm³/mol. The molecular weight excluding hydrogens is 547 g/mol. The number of hydrogen-bond donors (Lipinski definition) is 2. The lowest BCUT2D eigenvalue weighted by atomic mass is 9.99. The van der Waals surface area contributed by atoms with E-state index in [4.69, 9.17) is 4.74 Å². The van der Waals surface area contributed by atoms with Crippen LogP contribution in [-0.2, 0) is 13.0 Å². The molecule has 0 bridgehead atoms. The molecule has 3 saturated heterocycles. The second kappa shape index (κ2) is 12.6. The average Bonchev–Trinajstić information content (AvgIpc) is 3.73. The van der Waals surface area contributed by atoms with Gasteiger partial charge in [-0.3, -0.25) is 4.79 Å². The highest BCUT2D eigenvalue weighted by atomic mass is 19.1. The Labute approximate surface area is 253 Å². The first-order valence-corrected chi connectivity index (χ1v) is 15.9. The maximum absolute atomic E-state index is 14.7. The number of aryl methyl sites for hydroxylation is 1. The van der Waals surface area contributed by atoms with E-state index in [-0.39, 0.29) is 36.1 Å². The van der Waals surface area contributed by atoms with Crippen molar-refractivity contribution in [1.82, 2.24) is 20.2 Å². The molecule has 0 saturated carbocycles. The fourth-order valence-electron chi connectivity index (χ4n) is 7.25. The molecule has 0 atom stereocenters. The van der Waals surface area contributed by atoms with Gasteiger partial charge in [0.25, 0.3) is 5.91 Å². The first kappa shape index (κ1) is 29.6. The van der Waals surface area contributed by atoms with Crippen molar-refractivity contribution in [2.45, 2.75) is 77.4 Å². The van der Waals surface area contributed by atoms with Crippen LogP contribution in [0.1, 0.15) is 74.0 Å². The number of rotatable bonds is 6. The predicted octanol–water partition coefficient (Wildman–Crippen LogP) is 5.03. The number of benzene rings is 2. The minimum atomic E-state index is -0.333. The zero-order valence-corrected chi connectivity index (χ0v) is 25.5. The minimum Gasteiger partial charge on any atom is -0.508 e. The highest BCUT2D eigenvalue weighted by molar-refractivity contribution is 6.16. The van der Waals surface area contributed by atoms with Crippen molar-refractivity contribution in [1.29, 1.82) is 0 Å². The summed E-state index contributed by atoms with van der Waals surface area (Å²) in [6.07, 6.45) is 8.23. The molecule has 4 aliphatic rings. The van der Waals surface area contributed by atoms with Crippen molar-refractivity contribution in [3.8, 4) is 11.8 Å². The Balaban J connectivity index is 0.000000352. The molecule has 0 radical (unpaired) electrons. The first-order chi connectivity index (χ1) is 20.9. The number of carbonyl (C=O) groups excluding carboxylic acids is 1. The standard InChI is InChI=1S/C26H30FN5O3.C7H13N/c1-4-18-19(27)7-6-15-12-17(33)13-21(22(15)18)32-14-20-23(25(32)34)24(30-26(29-20)35-5-2)31(3)16-8-10-28-11-9-16;1-3-7-4-2-6-8(7)5-1/h6-7,12-13,16,28,33H,4-5,8-11,14H2,1-3H3;7H,1-6H2. The highest BCUT2D eigenvalue weighted by Gasteiger charge is 2.38. The summed E-state index contributed by atoms with van der Waals surface area (Å²) in [7, 11) is 1.96. The van der Waals surface area contributed by atoms with E-state index in [1.807, 2.05) is 20.9 Å². The molecule has 230 valence electrons. The smallest absolute Gasteiger partial charge is 0.318 e. The van der Waals surface area contributed by atoms with Gasteiger partial charge in [-0.2, -0.15) is 9.97 Å². The number of halogens is 1. The maximum Gasteiger partial charge on any atom is 0.318 e. The van der Waals surface area contributed by atoms with Crippen LogP contribution in [-0.4, -0.2) is 77.8 Å². The molecule has 0 spiro atoms. The van der Waals surface area contributed by atoms with Crippen molar-refractivity contribution >= 4 is 28.2 Å². The normalized spacial score (nSPS) is 19.0. The summed E-state index contributed by atoms with van der Waals surface area (Å²) >= 11 is 0. The highest BCUT2D eigenvalue weighted by Crippen LogP contribution is 2.41. The number of phenolic OH excluding ortho intramolecular Hbond substituents is 1. The van der Waals surface area contributed by atoms with Gasteiger partial charge < -0.3 is 29.9 Å². The molecule has 1 aromatic heterocycles. The summed E-state index contributed by atoms with van der Waals surface area (Å²) in [5, 5.41) is 15.1. The van der Waals surface area contributed by atoms with Crippen LogP contribution in [0.25, 0.3) is 10.8 Å². The van der Waals surface area contributed by atoms with E-state index in [0.717, 1.165) is 32.0 Å². The van der Waals surface area contributed by atoms with Gasteiger partial charge in [0.2, 0.25) is 0 Å². The molecule has 4 aliphatic heterocycles. The van der Waals surface area contributed by atoms with Gasteiger partial charge in [-0.25, -0.2) is 4.39 Å². The molecule has 0 unspecified atom stereocenters. The first-order valence-electron chi connectivity index (χ1n) is 15.9. The molecular formula is C33H43FN6O3. The quantitative estimate of drug-likeness (QED) is 0.413. The van der Waals surface area contributed by atoms with E-state index >= 15 is 0 Å². The number of ether oxygens (including phenoxy) is 1. The molecule has 3 fully saturated rings. The Kier molecular flexibility index (Phi) is 8.68. The van der Waals surface area contributed by atoms with E-state index in [1.165, 1.54) is 50.9 Å². The van der Waals surface area contributed by atoms with Gasteiger partial charge >= 0.3 is 6.01 Å². The third-order valence-electron chi connectivity index (χ3n) is 9.43. The van der Waals surface area contributed by atoms with E-state index in [0.29, 0.717) is 52.1 Å². The second-order valence-electron chi connectivity index (χ2n) is 12.0. The van der Waals surface area contributed by atoms with Gasteiger partial charge in [-0.15, -0.1) is 0 Å². The van der Waals surface area contributed by atoms with Crippen molar-refractivity contribution in [2.24, 2.45) is 0 Å². The lowest BCUT2D eigenvalue weighted by molar-refractivity contribution is 0.0997. The van der Waals surface area contributed by atoms with E-state index < -0.39 is 0 Å². The summed E-state index contributed by atoms with van der Waals surface area (Å²) in [6, 6.07) is 7.62. The van der Waals surface area contributed by atoms with Crippen LogP contribution in [0.3, 0.4) is 0 Å². The summed E-state index contributed by atoms with van der Waals surface area (Å²) in [4.78, 5) is 29.3. The third kappa shape index (κ3) is 5.74. The number of carbonyl (C=O) groups is 1. The van der Waals surface area contributed by atoms with Crippen LogP contribution in [0.4, 0.5) is 15.9 Å². The van der Waals surface area contributed by atoms with E-state index in [1.54, 1.807) is 17.0 Å². The lowest BCUT2D eigenvalue weighted by Crippen LogP contribution is -2.42. The van der Waals surface area contributed by atoms with Crippen LogP contribution in [0.5, 0.6) is 11.8 Å². The molecule has 10 heteroatoms. The maximum atomic E-state index is 14.7. The summed E-state index contributed by atoms with van der Waals surface area (Å²) in [5.74, 6) is -0.0415. The van der Waals surface area contributed by atoms with Crippen molar-refractivity contribution < 1.29 is 19.0 Å². The van der Waals surface area contributed by atoms with Crippen molar-refractivity contribution in [2.75, 3.05) is 49.6 Å². The van der Waals surface area contributed by atoms with Gasteiger partial charge in [-0.1, -0.05) is 13.0 Å². The molecule has 2 N–H and O–H groups in total. The molecule has 43 heavy (non-hydrogen) atoms. The summed E-state index contributed by atoms with van der Waals surface area (Å²) in [5.41, 5.74) is 1.97. The molecule has 7 rings (SSSR count). The number of piperidine rings is 1. The summed E-state index contributed by atoms with van der Waals surface area (Å²) in [6.45, 7) is 8.92. The Bertz CT molecular complexity index is 1470. The van der Waals surface area contributed by atoms with Crippen LogP contribution >= 0.6 is 0 Å². The number of fused-ring (bicyclic) bond motifs is 3. The number of anilines is 2. The molecule has 2 aromatic carbocycles. The number of nitrogens with zero attached hydrogens (tertiary/aromatic N) is 5. The Morgan fingerprint density at radius 3 is 2.51 bits per heavy atom. The van der Waals surface area contributed by atoms with E-state index in [2.05, 4.69) is 25.1 Å². The Morgan fingerprint density at radius 2 is 1.84 bits per heavy atom. The topological polar surface area (TPSA) is 94.1 Å². The largest absolute Gasteiger partial charge is 0.508 e. The van der Waals surface area contributed by atoms with Gasteiger partial charge in [0.05, 0.1) is 24.5 Å². The van der Waals surface area contributed by atoms with Crippen LogP contribution in [0, 0.1) is 5.82 Å². The number of phenols is 1. The Morgan fingerprint density at radius 1 is 1.09 bits per heavy atom. The summed E-state index contributed by atoms with van der Waals surface area (Å²) < 4.78 is 20.4. The molecule has 3 aromatic rings. The number of aromatic hydroxyl groups is 1. The Hall–Kier alpha value is -3.50. The van der Waals surface area contributed by atoms with Crippen LogP contribution < -0.4 is 19.9 Å². The number of aromatic nitrogens is 2. The zero-order chi connectivity index (χ0) is 30.1. The molecule has 5 heterocycles. The van der Waals surface area contributed by atoms with Gasteiger partial charge in [0.15, 0.2) is 0 Å². The third-order valence-corrected chi connectivity index (χ3v) is 9.43. The lowest BCUT2D eigenvalue weighted by Gasteiger charge is -2.33. The van der Waals surface area contributed by atoms with Gasteiger partial charge in [0, 0.05) is 30.6 Å². The van der Waals surface area contributed by atoms with Crippen molar-refractivity contribution in [3.63, 3.8) is 0 Å². The monoisotopic (exact) mass is 590 g/mol. The minimum absolute atomic E-state index is 0.0121. The number of hydrogen-bond acceptors (Lipinski definition) is 8. The second-order valence-corrected chi connectivity index (χ2v) is 12.0. The molecule has 0 aliphatic carbocycles. The number of nitrogens with one attached hydrogen (secondary N) is 1. The zero-order valence-electron chi connectivity index (χ0n) is 25.5. The fraction of sp³-hybridized carbons (Fsp3) is 0.545. The van der Waals surface area contributed by atoms with Gasteiger partial charge in [-0.05, 0) is 101 Å².